The molecule has 6 nitrogen and oxygen atoms in total. The molecule has 3 aliphatic heterocycles. The third-order valence-electron chi connectivity index (χ3n) is 6.50. The topological polar surface area (TPSA) is 54.0 Å². The first kappa shape index (κ1) is 21.6. The molecule has 2 fully saturated rings. The van der Waals surface area contributed by atoms with Gasteiger partial charge in [-0.25, -0.2) is 4.79 Å². The zero-order valence-electron chi connectivity index (χ0n) is 19.2. The first-order valence-corrected chi connectivity index (χ1v) is 11.4. The average Bonchev–Trinajstić information content (AvgIpc) is 2.71. The van der Waals surface area contributed by atoms with Crippen molar-refractivity contribution in [1.29, 1.82) is 0 Å². The number of rotatable bonds is 1. The first-order valence-electron chi connectivity index (χ1n) is 11.4. The molecule has 6 heteroatoms. The number of amides is 2. The standard InChI is InChI=1S/C24H37N3O3/c1-16-12-27(13-17(2)30-16)23(28)26-8-6-18-10-19(24(3,4)5)11-20(21(18)14-26)22-15-29-9-7-25-22/h10-11,16-17,22,25H,6-9,12-15H2,1-5H3/t16-,17+,22-/m0/s1. The Labute approximate surface area is 180 Å². The van der Waals surface area contributed by atoms with E-state index in [1.807, 2.05) is 23.6 Å². The monoisotopic (exact) mass is 415 g/mol. The number of urea groups is 1. The van der Waals surface area contributed by atoms with Crippen LogP contribution in [0.2, 0.25) is 0 Å². The molecule has 3 atom stereocenters. The highest BCUT2D eigenvalue weighted by atomic mass is 16.5. The van der Waals surface area contributed by atoms with Crippen molar-refractivity contribution in [3.63, 3.8) is 0 Å². The SMILES string of the molecule is C[C@@H]1CN(C(=O)N2CCc3cc(C(C)(C)C)cc([C@@H]4COCCN4)c3C2)C[C@H](C)O1. The van der Waals surface area contributed by atoms with Gasteiger partial charge in [0.25, 0.3) is 0 Å². The molecule has 0 saturated carbocycles. The highest BCUT2D eigenvalue weighted by Gasteiger charge is 2.33. The summed E-state index contributed by atoms with van der Waals surface area (Å²) >= 11 is 0. The van der Waals surface area contributed by atoms with Gasteiger partial charge in [-0.3, -0.25) is 0 Å². The van der Waals surface area contributed by atoms with Gasteiger partial charge in [0, 0.05) is 32.7 Å². The van der Waals surface area contributed by atoms with Crippen LogP contribution in [0.5, 0.6) is 0 Å². The summed E-state index contributed by atoms with van der Waals surface area (Å²) in [6.07, 6.45) is 1.08. The maximum atomic E-state index is 13.3. The van der Waals surface area contributed by atoms with Gasteiger partial charge in [-0.2, -0.15) is 0 Å². The maximum Gasteiger partial charge on any atom is 0.320 e. The van der Waals surface area contributed by atoms with Crippen molar-refractivity contribution < 1.29 is 14.3 Å². The van der Waals surface area contributed by atoms with Gasteiger partial charge in [-0.05, 0) is 47.9 Å². The minimum Gasteiger partial charge on any atom is -0.378 e. The number of nitrogens with zero attached hydrogens (tertiary/aromatic N) is 2. The van der Waals surface area contributed by atoms with Gasteiger partial charge in [0.05, 0.1) is 31.5 Å². The van der Waals surface area contributed by atoms with Crippen molar-refractivity contribution in [3.8, 4) is 0 Å². The maximum absolute atomic E-state index is 13.3. The number of nitrogens with one attached hydrogen (secondary N) is 1. The van der Waals surface area contributed by atoms with Crippen LogP contribution >= 0.6 is 0 Å². The lowest BCUT2D eigenvalue weighted by atomic mass is 9.80. The molecular formula is C24H37N3O3. The van der Waals surface area contributed by atoms with Gasteiger partial charge < -0.3 is 24.6 Å². The Kier molecular flexibility index (Phi) is 6.11. The second-order valence-corrected chi connectivity index (χ2v) is 10.2. The summed E-state index contributed by atoms with van der Waals surface area (Å²) in [5, 5.41) is 3.63. The van der Waals surface area contributed by atoms with E-state index < -0.39 is 0 Å². The predicted octanol–water partition coefficient (Wildman–Crippen LogP) is 3.23. The largest absolute Gasteiger partial charge is 0.378 e. The molecule has 2 saturated heterocycles. The van der Waals surface area contributed by atoms with E-state index in [2.05, 4.69) is 38.2 Å². The van der Waals surface area contributed by atoms with E-state index in [1.54, 1.807) is 0 Å². The van der Waals surface area contributed by atoms with Crippen LogP contribution < -0.4 is 5.32 Å². The quantitative estimate of drug-likeness (QED) is 0.765. The summed E-state index contributed by atoms with van der Waals surface area (Å²) in [4.78, 5) is 17.3. The second-order valence-electron chi connectivity index (χ2n) is 10.2. The fraction of sp³-hybridized carbons (Fsp3) is 0.708. The van der Waals surface area contributed by atoms with Crippen LogP contribution in [0.1, 0.15) is 62.9 Å². The third kappa shape index (κ3) is 4.51. The normalized spacial score (nSPS) is 27.7. The molecule has 1 aromatic carbocycles. The predicted molar refractivity (Wildman–Crippen MR) is 118 cm³/mol. The smallest absolute Gasteiger partial charge is 0.320 e. The highest BCUT2D eigenvalue weighted by Crippen LogP contribution is 2.34. The minimum atomic E-state index is 0.0864. The lowest BCUT2D eigenvalue weighted by molar-refractivity contribution is -0.0585. The van der Waals surface area contributed by atoms with Crippen molar-refractivity contribution in [1.82, 2.24) is 15.1 Å². The van der Waals surface area contributed by atoms with Crippen molar-refractivity contribution in [2.24, 2.45) is 0 Å². The molecule has 0 unspecified atom stereocenters. The molecule has 0 aliphatic carbocycles. The number of ether oxygens (including phenoxy) is 2. The summed E-state index contributed by atoms with van der Waals surface area (Å²) in [7, 11) is 0. The number of hydrogen-bond acceptors (Lipinski definition) is 4. The number of carbonyl (C=O) groups excluding carboxylic acids is 1. The van der Waals surface area contributed by atoms with E-state index in [1.165, 1.54) is 22.3 Å². The Morgan fingerprint density at radius 3 is 2.50 bits per heavy atom. The third-order valence-corrected chi connectivity index (χ3v) is 6.50. The van der Waals surface area contributed by atoms with Gasteiger partial charge >= 0.3 is 6.03 Å². The summed E-state index contributed by atoms with van der Waals surface area (Å²) in [6.45, 7) is 16.0. The lowest BCUT2D eigenvalue weighted by Crippen LogP contribution is -2.53. The molecule has 0 radical (unpaired) electrons. The van der Waals surface area contributed by atoms with Crippen LogP contribution in [0.25, 0.3) is 0 Å². The van der Waals surface area contributed by atoms with Gasteiger partial charge in [-0.1, -0.05) is 32.9 Å². The van der Waals surface area contributed by atoms with Crippen LogP contribution in [-0.2, 0) is 27.9 Å². The highest BCUT2D eigenvalue weighted by molar-refractivity contribution is 5.75. The molecule has 30 heavy (non-hydrogen) atoms. The molecule has 3 heterocycles. The van der Waals surface area contributed by atoms with E-state index in [-0.39, 0.29) is 29.7 Å². The van der Waals surface area contributed by atoms with E-state index in [4.69, 9.17) is 9.47 Å². The molecule has 2 amide bonds. The zero-order chi connectivity index (χ0) is 21.5. The van der Waals surface area contributed by atoms with E-state index in [0.717, 1.165) is 26.1 Å². The molecule has 3 aliphatic rings. The molecule has 4 rings (SSSR count). The molecule has 0 bridgehead atoms. The number of hydrogen-bond donors (Lipinski definition) is 1. The number of benzene rings is 1. The van der Waals surface area contributed by atoms with Crippen LogP contribution in [-0.4, -0.2) is 67.4 Å². The second kappa shape index (κ2) is 8.48. The molecular weight excluding hydrogens is 378 g/mol. The Bertz CT molecular complexity index is 773. The van der Waals surface area contributed by atoms with Crippen LogP contribution in [0.15, 0.2) is 12.1 Å². The van der Waals surface area contributed by atoms with E-state index in [0.29, 0.717) is 26.2 Å². The van der Waals surface area contributed by atoms with Gasteiger partial charge in [0.15, 0.2) is 0 Å². The number of carbonyl (C=O) groups is 1. The van der Waals surface area contributed by atoms with Crippen LogP contribution in [0.4, 0.5) is 4.79 Å². The minimum absolute atomic E-state index is 0.0864. The zero-order valence-corrected chi connectivity index (χ0v) is 19.2. The van der Waals surface area contributed by atoms with E-state index in [9.17, 15) is 4.79 Å². The molecule has 166 valence electrons. The number of fused-ring (bicyclic) bond motifs is 1. The lowest BCUT2D eigenvalue weighted by Gasteiger charge is -2.40. The van der Waals surface area contributed by atoms with Gasteiger partial charge in [-0.15, -0.1) is 0 Å². The van der Waals surface area contributed by atoms with Crippen molar-refractivity contribution in [2.45, 2.75) is 71.2 Å². The average molecular weight is 416 g/mol. The molecule has 1 N–H and O–H groups in total. The van der Waals surface area contributed by atoms with Crippen molar-refractivity contribution in [2.75, 3.05) is 39.4 Å². The Balaban J connectivity index is 1.62. The van der Waals surface area contributed by atoms with Crippen LogP contribution in [0, 0.1) is 0 Å². The van der Waals surface area contributed by atoms with E-state index >= 15 is 0 Å². The van der Waals surface area contributed by atoms with Gasteiger partial charge in [0.2, 0.25) is 0 Å². The molecule has 0 aromatic heterocycles. The fourth-order valence-corrected chi connectivity index (χ4v) is 4.90. The van der Waals surface area contributed by atoms with Crippen molar-refractivity contribution >= 4 is 6.03 Å². The fourth-order valence-electron chi connectivity index (χ4n) is 4.90. The van der Waals surface area contributed by atoms with Crippen LogP contribution in [0.3, 0.4) is 0 Å². The Morgan fingerprint density at radius 1 is 1.13 bits per heavy atom. The van der Waals surface area contributed by atoms with Crippen molar-refractivity contribution in [3.05, 3.63) is 34.4 Å². The van der Waals surface area contributed by atoms with Gasteiger partial charge in [0.1, 0.15) is 0 Å². The summed E-state index contributed by atoms with van der Waals surface area (Å²) in [5.41, 5.74) is 5.45. The number of morpholine rings is 2. The summed E-state index contributed by atoms with van der Waals surface area (Å²) in [5.74, 6) is 0. The summed E-state index contributed by atoms with van der Waals surface area (Å²) in [6, 6.07) is 5.04. The first-order chi connectivity index (χ1) is 14.2. The molecule has 0 spiro atoms. The molecule has 1 aromatic rings. The Hall–Kier alpha value is -1.63. The Morgan fingerprint density at radius 2 is 1.87 bits per heavy atom. The summed E-state index contributed by atoms with van der Waals surface area (Å²) < 4.78 is 11.6.